The van der Waals surface area contributed by atoms with Gasteiger partial charge >= 0.3 is 11.9 Å². The fourth-order valence-electron chi connectivity index (χ4n) is 2.29. The van der Waals surface area contributed by atoms with Gasteiger partial charge in [-0.25, -0.2) is 0 Å². The smallest absolute Gasteiger partial charge is 0.303 e. The van der Waals surface area contributed by atoms with Gasteiger partial charge in [0.05, 0.1) is 6.61 Å². The largest absolute Gasteiger partial charge is 0.457 e. The first-order valence-corrected chi connectivity index (χ1v) is 6.49. The van der Waals surface area contributed by atoms with Crippen LogP contribution in [0.1, 0.15) is 13.8 Å². The minimum atomic E-state index is -0.852. The van der Waals surface area contributed by atoms with Gasteiger partial charge < -0.3 is 28.4 Å². The van der Waals surface area contributed by atoms with Crippen LogP contribution >= 0.6 is 0 Å². The van der Waals surface area contributed by atoms with Crippen molar-refractivity contribution in [2.45, 2.75) is 44.6 Å². The molecule has 0 N–H and O–H groups in total. The number of esters is 2. The van der Waals surface area contributed by atoms with E-state index in [1.807, 2.05) is 0 Å². The third kappa shape index (κ3) is 4.63. The predicted molar refractivity (Wildman–Crippen MR) is 69.5 cm³/mol. The van der Waals surface area contributed by atoms with Crippen LogP contribution in [-0.4, -0.2) is 70.6 Å². The molecule has 1 saturated heterocycles. The number of ether oxygens (including phenoxy) is 6. The van der Waals surface area contributed by atoms with Gasteiger partial charge in [-0.15, -0.1) is 0 Å². The monoisotopic (exact) mass is 306 g/mol. The van der Waals surface area contributed by atoms with Crippen molar-refractivity contribution >= 4 is 11.9 Å². The van der Waals surface area contributed by atoms with Crippen LogP contribution in [0.5, 0.6) is 0 Å². The summed E-state index contributed by atoms with van der Waals surface area (Å²) in [4.78, 5) is 22.5. The van der Waals surface area contributed by atoms with E-state index < -0.39 is 42.6 Å². The molecular formula is C13H22O8. The average molecular weight is 306 g/mol. The van der Waals surface area contributed by atoms with Gasteiger partial charge in [0.2, 0.25) is 0 Å². The molecule has 0 aromatic rings. The zero-order valence-electron chi connectivity index (χ0n) is 12.9. The van der Waals surface area contributed by atoms with Gasteiger partial charge in [0.25, 0.3) is 0 Å². The maximum atomic E-state index is 11.3. The summed E-state index contributed by atoms with van der Waals surface area (Å²) in [6, 6.07) is 0. The number of hydrogen-bond donors (Lipinski definition) is 0. The molecule has 0 aromatic heterocycles. The Kier molecular flexibility index (Phi) is 7.03. The van der Waals surface area contributed by atoms with Gasteiger partial charge in [-0.2, -0.15) is 0 Å². The molecule has 21 heavy (non-hydrogen) atoms. The Morgan fingerprint density at radius 3 is 1.90 bits per heavy atom. The molecule has 0 bridgehead atoms. The van der Waals surface area contributed by atoms with E-state index in [4.69, 9.17) is 28.4 Å². The topological polar surface area (TPSA) is 89.5 Å². The SMILES string of the molecule is COC[C@H]1O[C@H](OC)[C@H](OC(C)=O)[C@@H](OC)[C@@H]1OC(C)=O. The van der Waals surface area contributed by atoms with Crippen molar-refractivity contribution in [2.24, 2.45) is 0 Å². The minimum Gasteiger partial charge on any atom is -0.457 e. The second-order valence-electron chi connectivity index (χ2n) is 4.58. The van der Waals surface area contributed by atoms with Gasteiger partial charge in [-0.3, -0.25) is 9.59 Å². The number of carbonyl (C=O) groups is 2. The highest BCUT2D eigenvalue weighted by atomic mass is 16.7. The third-order valence-electron chi connectivity index (χ3n) is 3.03. The molecule has 0 radical (unpaired) electrons. The quantitative estimate of drug-likeness (QED) is 0.628. The van der Waals surface area contributed by atoms with E-state index >= 15 is 0 Å². The number of methoxy groups -OCH3 is 3. The Morgan fingerprint density at radius 1 is 0.905 bits per heavy atom. The van der Waals surface area contributed by atoms with Crippen molar-refractivity contribution < 1.29 is 38.0 Å². The lowest BCUT2D eigenvalue weighted by molar-refractivity contribution is -0.304. The van der Waals surface area contributed by atoms with Crippen molar-refractivity contribution in [3.63, 3.8) is 0 Å². The summed E-state index contributed by atoms with van der Waals surface area (Å²) in [7, 11) is 4.35. The van der Waals surface area contributed by atoms with E-state index in [2.05, 4.69) is 0 Å². The molecule has 0 amide bonds. The third-order valence-corrected chi connectivity index (χ3v) is 3.03. The van der Waals surface area contributed by atoms with Gasteiger partial charge in [-0.1, -0.05) is 0 Å². The molecule has 0 aliphatic carbocycles. The number of rotatable bonds is 6. The molecule has 1 aliphatic heterocycles. The summed E-state index contributed by atoms with van der Waals surface area (Å²) in [6.45, 7) is 2.71. The molecule has 0 aromatic carbocycles. The lowest BCUT2D eigenvalue weighted by atomic mass is 9.98. The van der Waals surface area contributed by atoms with Gasteiger partial charge in [-0.05, 0) is 0 Å². The Hall–Kier alpha value is -1.22. The van der Waals surface area contributed by atoms with Crippen LogP contribution in [0, 0.1) is 0 Å². The first-order valence-electron chi connectivity index (χ1n) is 6.49. The molecule has 0 spiro atoms. The highest BCUT2D eigenvalue weighted by Gasteiger charge is 2.50. The predicted octanol–water partition coefficient (Wildman–Crippen LogP) is -0.117. The van der Waals surface area contributed by atoms with Crippen LogP contribution in [0.25, 0.3) is 0 Å². The fourth-order valence-corrected chi connectivity index (χ4v) is 2.29. The second kappa shape index (κ2) is 8.28. The van der Waals surface area contributed by atoms with E-state index in [1.165, 1.54) is 35.2 Å². The Balaban J connectivity index is 3.03. The molecule has 5 atom stereocenters. The summed E-state index contributed by atoms with van der Waals surface area (Å²) < 4.78 is 31.7. The van der Waals surface area contributed by atoms with E-state index in [-0.39, 0.29) is 6.61 Å². The Morgan fingerprint density at radius 2 is 1.48 bits per heavy atom. The van der Waals surface area contributed by atoms with Crippen molar-refractivity contribution in [1.29, 1.82) is 0 Å². The second-order valence-corrected chi connectivity index (χ2v) is 4.58. The molecular weight excluding hydrogens is 284 g/mol. The van der Waals surface area contributed by atoms with E-state index in [9.17, 15) is 9.59 Å². The molecule has 122 valence electrons. The molecule has 1 aliphatic rings. The van der Waals surface area contributed by atoms with Gasteiger partial charge in [0.1, 0.15) is 12.2 Å². The van der Waals surface area contributed by atoms with Gasteiger partial charge in [0.15, 0.2) is 18.5 Å². The van der Waals surface area contributed by atoms with Crippen molar-refractivity contribution in [1.82, 2.24) is 0 Å². The normalized spacial score (nSPS) is 32.5. The standard InChI is InChI=1S/C13H22O8/c1-7(14)19-10-9(6-16-3)21-13(18-5)12(11(10)17-4)20-8(2)15/h9-13H,6H2,1-5H3/t9-,10-,11+,12-,13+/m1/s1. The molecule has 1 heterocycles. The number of hydrogen-bond acceptors (Lipinski definition) is 8. The summed E-state index contributed by atoms with van der Waals surface area (Å²) in [6.07, 6.45) is -3.79. The molecule has 8 heteroatoms. The highest BCUT2D eigenvalue weighted by Crippen LogP contribution is 2.28. The van der Waals surface area contributed by atoms with Crippen LogP contribution in [0.2, 0.25) is 0 Å². The van der Waals surface area contributed by atoms with Crippen LogP contribution in [0.3, 0.4) is 0 Å². The van der Waals surface area contributed by atoms with Crippen LogP contribution < -0.4 is 0 Å². The number of carbonyl (C=O) groups excluding carboxylic acids is 2. The first-order chi connectivity index (χ1) is 9.94. The first kappa shape index (κ1) is 17.8. The van der Waals surface area contributed by atoms with Crippen molar-refractivity contribution in [3.05, 3.63) is 0 Å². The maximum absolute atomic E-state index is 11.3. The maximum Gasteiger partial charge on any atom is 0.303 e. The van der Waals surface area contributed by atoms with E-state index in [0.717, 1.165) is 0 Å². The van der Waals surface area contributed by atoms with Crippen LogP contribution in [-0.2, 0) is 38.0 Å². The summed E-state index contributed by atoms with van der Waals surface area (Å²) in [5, 5.41) is 0. The lowest BCUT2D eigenvalue weighted by Gasteiger charge is -2.43. The summed E-state index contributed by atoms with van der Waals surface area (Å²) in [5.41, 5.74) is 0. The summed E-state index contributed by atoms with van der Waals surface area (Å²) >= 11 is 0. The van der Waals surface area contributed by atoms with Crippen LogP contribution in [0.4, 0.5) is 0 Å². The van der Waals surface area contributed by atoms with Crippen LogP contribution in [0.15, 0.2) is 0 Å². The van der Waals surface area contributed by atoms with Crippen molar-refractivity contribution in [2.75, 3.05) is 27.9 Å². The van der Waals surface area contributed by atoms with Crippen molar-refractivity contribution in [3.8, 4) is 0 Å². The molecule has 0 unspecified atom stereocenters. The van der Waals surface area contributed by atoms with E-state index in [1.54, 1.807) is 0 Å². The molecule has 1 fully saturated rings. The Bertz CT molecular complexity index is 358. The lowest BCUT2D eigenvalue weighted by Crippen LogP contribution is -2.62. The zero-order valence-corrected chi connectivity index (χ0v) is 12.9. The van der Waals surface area contributed by atoms with E-state index in [0.29, 0.717) is 0 Å². The highest BCUT2D eigenvalue weighted by molar-refractivity contribution is 5.67. The average Bonchev–Trinajstić information content (AvgIpc) is 2.40. The Labute approximate surface area is 123 Å². The fraction of sp³-hybridized carbons (Fsp3) is 0.846. The zero-order chi connectivity index (χ0) is 16.0. The van der Waals surface area contributed by atoms with Gasteiger partial charge in [0, 0.05) is 35.2 Å². The summed E-state index contributed by atoms with van der Waals surface area (Å²) in [5.74, 6) is -1.01. The molecule has 1 rings (SSSR count). The molecule has 0 saturated carbocycles. The minimum absolute atomic E-state index is 0.171. The molecule has 8 nitrogen and oxygen atoms in total.